The Labute approximate surface area is 174 Å². The molecule has 0 unspecified atom stereocenters. The highest BCUT2D eigenvalue weighted by atomic mass is 32.2. The minimum absolute atomic E-state index is 0.121. The van der Waals surface area contributed by atoms with E-state index in [1.807, 2.05) is 19.1 Å². The monoisotopic (exact) mass is 429 g/mol. The van der Waals surface area contributed by atoms with E-state index >= 15 is 0 Å². The van der Waals surface area contributed by atoms with Crippen LogP contribution in [0.5, 0.6) is 0 Å². The number of rotatable bonds is 5. The molecule has 0 bridgehead atoms. The van der Waals surface area contributed by atoms with E-state index in [-0.39, 0.29) is 24.7 Å². The molecule has 4 rings (SSSR count). The van der Waals surface area contributed by atoms with Crippen LogP contribution in [0.15, 0.2) is 51.7 Å². The van der Waals surface area contributed by atoms with Gasteiger partial charge >= 0.3 is 5.76 Å². The SMILES string of the molecule is Cc1ccc2c(c1)oc(=O)n2CCNC(=O)c1cccc(N2CCCCS2(=O)=O)c1. The molecule has 1 amide bonds. The maximum absolute atomic E-state index is 12.6. The zero-order valence-corrected chi connectivity index (χ0v) is 17.4. The van der Waals surface area contributed by atoms with E-state index in [9.17, 15) is 18.0 Å². The molecule has 1 N–H and O–H groups in total. The zero-order chi connectivity index (χ0) is 21.3. The molecule has 0 radical (unpaired) electrons. The van der Waals surface area contributed by atoms with Gasteiger partial charge in [0.2, 0.25) is 10.0 Å². The lowest BCUT2D eigenvalue weighted by Crippen LogP contribution is -2.38. The van der Waals surface area contributed by atoms with E-state index in [0.29, 0.717) is 35.3 Å². The van der Waals surface area contributed by atoms with Crippen molar-refractivity contribution in [2.45, 2.75) is 26.3 Å². The van der Waals surface area contributed by atoms with Crippen molar-refractivity contribution in [2.24, 2.45) is 0 Å². The first-order valence-corrected chi connectivity index (χ1v) is 11.4. The normalized spacial score (nSPS) is 16.0. The van der Waals surface area contributed by atoms with Gasteiger partial charge in [0.1, 0.15) is 0 Å². The summed E-state index contributed by atoms with van der Waals surface area (Å²) in [6.45, 7) is 2.83. The molecule has 0 spiro atoms. The molecule has 8 nitrogen and oxygen atoms in total. The Kier molecular flexibility index (Phi) is 5.38. The second-order valence-electron chi connectivity index (χ2n) is 7.39. The van der Waals surface area contributed by atoms with Crippen LogP contribution >= 0.6 is 0 Å². The summed E-state index contributed by atoms with van der Waals surface area (Å²) in [6.07, 6.45) is 1.45. The van der Waals surface area contributed by atoms with E-state index in [2.05, 4.69) is 5.32 Å². The van der Waals surface area contributed by atoms with Crippen molar-refractivity contribution < 1.29 is 17.6 Å². The van der Waals surface area contributed by atoms with Gasteiger partial charge in [-0.3, -0.25) is 13.7 Å². The van der Waals surface area contributed by atoms with Crippen molar-refractivity contribution in [2.75, 3.05) is 23.1 Å². The van der Waals surface area contributed by atoms with Crippen LogP contribution in [-0.4, -0.2) is 37.7 Å². The second kappa shape index (κ2) is 7.98. The molecule has 1 aromatic heterocycles. The summed E-state index contributed by atoms with van der Waals surface area (Å²) in [5.41, 5.74) is 3.05. The largest absolute Gasteiger partial charge is 0.420 e. The number of anilines is 1. The zero-order valence-electron chi connectivity index (χ0n) is 16.6. The molecule has 9 heteroatoms. The maximum Gasteiger partial charge on any atom is 0.420 e. The maximum atomic E-state index is 12.6. The second-order valence-corrected chi connectivity index (χ2v) is 9.41. The predicted molar refractivity (Wildman–Crippen MR) is 114 cm³/mol. The first-order valence-electron chi connectivity index (χ1n) is 9.84. The van der Waals surface area contributed by atoms with Crippen molar-refractivity contribution in [3.8, 4) is 0 Å². The molecule has 0 aliphatic carbocycles. The van der Waals surface area contributed by atoms with Crippen molar-refractivity contribution in [1.82, 2.24) is 9.88 Å². The highest BCUT2D eigenvalue weighted by Gasteiger charge is 2.26. The number of nitrogens with one attached hydrogen (secondary N) is 1. The summed E-state index contributed by atoms with van der Waals surface area (Å²) in [7, 11) is -3.34. The van der Waals surface area contributed by atoms with Crippen LogP contribution in [0.4, 0.5) is 5.69 Å². The van der Waals surface area contributed by atoms with Gasteiger partial charge in [-0.25, -0.2) is 13.2 Å². The molecule has 1 fully saturated rings. The van der Waals surface area contributed by atoms with Gasteiger partial charge in [-0.15, -0.1) is 0 Å². The third kappa shape index (κ3) is 3.97. The molecule has 2 heterocycles. The van der Waals surface area contributed by atoms with Crippen LogP contribution in [-0.2, 0) is 16.6 Å². The average Bonchev–Trinajstić information content (AvgIpc) is 3.02. The molecular weight excluding hydrogens is 406 g/mol. The van der Waals surface area contributed by atoms with E-state index in [1.54, 1.807) is 30.3 Å². The summed E-state index contributed by atoms with van der Waals surface area (Å²) < 4.78 is 32.7. The predicted octanol–water partition coefficient (Wildman–Crippen LogP) is 2.26. The molecular formula is C21H23N3O5S. The van der Waals surface area contributed by atoms with E-state index in [4.69, 9.17) is 4.42 Å². The molecule has 30 heavy (non-hydrogen) atoms. The van der Waals surface area contributed by atoms with Gasteiger partial charge in [-0.2, -0.15) is 0 Å². The number of carbonyl (C=O) groups excluding carboxylic acids is 1. The summed E-state index contributed by atoms with van der Waals surface area (Å²) in [5.74, 6) is -0.679. The number of sulfonamides is 1. The molecule has 2 aromatic carbocycles. The van der Waals surface area contributed by atoms with E-state index in [1.165, 1.54) is 8.87 Å². The van der Waals surface area contributed by atoms with E-state index < -0.39 is 15.8 Å². The number of nitrogens with zero attached hydrogens (tertiary/aromatic N) is 2. The minimum atomic E-state index is -3.34. The lowest BCUT2D eigenvalue weighted by atomic mass is 10.2. The lowest BCUT2D eigenvalue weighted by molar-refractivity contribution is 0.0952. The standard InChI is InChI=1S/C21H23N3O5S/c1-15-7-8-18-19(13-15)29-21(26)23(18)11-9-22-20(25)16-5-4-6-17(14-16)24-10-2-3-12-30(24,27)28/h4-8,13-14H,2-3,9-12H2,1H3,(H,22,25). The van der Waals surface area contributed by atoms with Gasteiger partial charge in [0.05, 0.1) is 17.0 Å². The van der Waals surface area contributed by atoms with Crippen LogP contribution in [0.25, 0.3) is 11.1 Å². The number of amides is 1. The Balaban J connectivity index is 1.45. The quantitative estimate of drug-likeness (QED) is 0.670. The highest BCUT2D eigenvalue weighted by Crippen LogP contribution is 2.24. The number of hydrogen-bond acceptors (Lipinski definition) is 5. The van der Waals surface area contributed by atoms with Crippen molar-refractivity contribution in [3.05, 3.63) is 64.1 Å². The Morgan fingerprint density at radius 1 is 1.17 bits per heavy atom. The van der Waals surface area contributed by atoms with Gasteiger partial charge in [-0.05, 0) is 55.7 Å². The number of carbonyl (C=O) groups is 1. The number of fused-ring (bicyclic) bond motifs is 1. The summed E-state index contributed by atoms with van der Waals surface area (Å²) >= 11 is 0. The van der Waals surface area contributed by atoms with E-state index in [0.717, 1.165) is 12.0 Å². The lowest BCUT2D eigenvalue weighted by Gasteiger charge is -2.28. The summed E-state index contributed by atoms with van der Waals surface area (Å²) in [4.78, 5) is 24.7. The van der Waals surface area contributed by atoms with Crippen molar-refractivity contribution in [1.29, 1.82) is 0 Å². The number of aryl methyl sites for hydroxylation is 1. The van der Waals surface area contributed by atoms with Crippen LogP contribution in [0.2, 0.25) is 0 Å². The Morgan fingerprint density at radius 2 is 2.00 bits per heavy atom. The number of benzene rings is 2. The Morgan fingerprint density at radius 3 is 2.80 bits per heavy atom. The Hall–Kier alpha value is -3.07. The van der Waals surface area contributed by atoms with Crippen LogP contribution in [0.1, 0.15) is 28.8 Å². The van der Waals surface area contributed by atoms with Crippen LogP contribution in [0.3, 0.4) is 0 Å². The minimum Gasteiger partial charge on any atom is -0.408 e. The van der Waals surface area contributed by atoms with Gasteiger partial charge in [0.15, 0.2) is 5.58 Å². The molecule has 3 aromatic rings. The van der Waals surface area contributed by atoms with Gasteiger partial charge in [-0.1, -0.05) is 12.1 Å². The number of aromatic nitrogens is 1. The van der Waals surface area contributed by atoms with Crippen molar-refractivity contribution in [3.63, 3.8) is 0 Å². The van der Waals surface area contributed by atoms with Gasteiger partial charge in [0, 0.05) is 25.2 Å². The highest BCUT2D eigenvalue weighted by molar-refractivity contribution is 7.92. The number of oxazole rings is 1. The third-order valence-electron chi connectivity index (χ3n) is 5.19. The molecule has 0 saturated carbocycles. The van der Waals surface area contributed by atoms with Crippen LogP contribution < -0.4 is 15.4 Å². The average molecular weight is 429 g/mol. The first-order chi connectivity index (χ1) is 14.3. The molecule has 158 valence electrons. The molecule has 1 saturated heterocycles. The topological polar surface area (TPSA) is 102 Å². The fraction of sp³-hybridized carbons (Fsp3) is 0.333. The summed E-state index contributed by atoms with van der Waals surface area (Å²) in [6, 6.07) is 12.1. The van der Waals surface area contributed by atoms with Gasteiger partial charge in [0.25, 0.3) is 5.91 Å². The van der Waals surface area contributed by atoms with Gasteiger partial charge < -0.3 is 9.73 Å². The fourth-order valence-corrected chi connectivity index (χ4v) is 5.28. The Bertz CT molecular complexity index is 1260. The molecule has 1 aliphatic rings. The smallest absolute Gasteiger partial charge is 0.408 e. The third-order valence-corrected chi connectivity index (χ3v) is 7.06. The fourth-order valence-electron chi connectivity index (χ4n) is 3.65. The summed E-state index contributed by atoms with van der Waals surface area (Å²) in [5, 5.41) is 2.78. The first kappa shape index (κ1) is 20.2. The van der Waals surface area contributed by atoms with Crippen LogP contribution in [0, 0.1) is 6.92 Å². The van der Waals surface area contributed by atoms with Crippen molar-refractivity contribution >= 4 is 32.7 Å². The molecule has 1 aliphatic heterocycles. The molecule has 0 atom stereocenters. The number of hydrogen-bond donors (Lipinski definition) is 1.